The van der Waals surface area contributed by atoms with Crippen molar-refractivity contribution in [2.45, 2.75) is 31.7 Å². The summed E-state index contributed by atoms with van der Waals surface area (Å²) in [6.07, 6.45) is 3.84. The largest absolute Gasteiger partial charge is 0.469 e. The molecule has 2 atom stereocenters. The Kier molecular flexibility index (Phi) is 5.86. The lowest BCUT2D eigenvalue weighted by atomic mass is 9.93. The van der Waals surface area contributed by atoms with Crippen LogP contribution in [0.25, 0.3) is 0 Å². The quantitative estimate of drug-likeness (QED) is 0.605. The fraction of sp³-hybridized carbons (Fsp3) is 0.273. The van der Waals surface area contributed by atoms with Gasteiger partial charge in [0.1, 0.15) is 5.76 Å². The van der Waals surface area contributed by atoms with Gasteiger partial charge in [0.15, 0.2) is 0 Å². The van der Waals surface area contributed by atoms with Gasteiger partial charge in [0.25, 0.3) is 0 Å². The summed E-state index contributed by atoms with van der Waals surface area (Å²) in [6, 6.07) is 25.7. The van der Waals surface area contributed by atoms with Gasteiger partial charge in [0, 0.05) is 12.0 Å². The van der Waals surface area contributed by atoms with E-state index in [2.05, 4.69) is 79.0 Å². The maximum Gasteiger partial charge on any atom is 0.107 e. The van der Waals surface area contributed by atoms with E-state index in [0.29, 0.717) is 12.0 Å². The molecule has 0 aliphatic carbocycles. The van der Waals surface area contributed by atoms with Crippen molar-refractivity contribution in [3.05, 3.63) is 95.9 Å². The van der Waals surface area contributed by atoms with Gasteiger partial charge in [0.05, 0.1) is 6.26 Å². The zero-order valence-electron chi connectivity index (χ0n) is 14.2. The molecule has 0 aliphatic heterocycles. The first-order valence-electron chi connectivity index (χ1n) is 8.68. The first kappa shape index (κ1) is 16.5. The van der Waals surface area contributed by atoms with Crippen molar-refractivity contribution in [2.24, 2.45) is 0 Å². The Bertz CT molecular complexity index is 691. The summed E-state index contributed by atoms with van der Waals surface area (Å²) in [6.45, 7) is 3.18. The van der Waals surface area contributed by atoms with Gasteiger partial charge in [-0.2, -0.15) is 0 Å². The second kappa shape index (κ2) is 8.51. The molecule has 2 aromatic carbocycles. The molecule has 124 valence electrons. The molecular weight excluding hydrogens is 294 g/mol. The van der Waals surface area contributed by atoms with Crippen LogP contribution in [-0.2, 0) is 6.42 Å². The topological polar surface area (TPSA) is 25.2 Å². The summed E-state index contributed by atoms with van der Waals surface area (Å²) in [7, 11) is 0. The van der Waals surface area contributed by atoms with Crippen molar-refractivity contribution in [3.63, 3.8) is 0 Å². The Hall–Kier alpha value is -2.32. The zero-order chi connectivity index (χ0) is 16.6. The van der Waals surface area contributed by atoms with Gasteiger partial charge in [-0.15, -0.1) is 0 Å². The normalized spacial score (nSPS) is 13.5. The third-order valence-corrected chi connectivity index (χ3v) is 4.51. The van der Waals surface area contributed by atoms with Crippen LogP contribution in [0.15, 0.2) is 83.5 Å². The van der Waals surface area contributed by atoms with Gasteiger partial charge >= 0.3 is 0 Å². The molecule has 24 heavy (non-hydrogen) atoms. The molecule has 0 saturated heterocycles. The first-order chi connectivity index (χ1) is 11.8. The van der Waals surface area contributed by atoms with Crippen molar-refractivity contribution in [3.8, 4) is 0 Å². The molecule has 0 radical (unpaired) electrons. The number of rotatable bonds is 8. The third-order valence-electron chi connectivity index (χ3n) is 4.51. The lowest BCUT2D eigenvalue weighted by Crippen LogP contribution is -2.22. The van der Waals surface area contributed by atoms with Crippen LogP contribution >= 0.6 is 0 Å². The Balaban J connectivity index is 1.58. The number of furan rings is 1. The molecule has 0 aliphatic rings. The highest BCUT2D eigenvalue weighted by Crippen LogP contribution is 2.25. The predicted molar refractivity (Wildman–Crippen MR) is 99.1 cm³/mol. The molecule has 1 heterocycles. The molecule has 1 N–H and O–H groups in total. The van der Waals surface area contributed by atoms with E-state index in [1.54, 1.807) is 6.26 Å². The minimum absolute atomic E-state index is 0.361. The Morgan fingerprint density at radius 3 is 2.25 bits per heavy atom. The fourth-order valence-corrected chi connectivity index (χ4v) is 3.10. The standard InChI is InChI=1S/C22H25NO/c1-18(20-11-6-3-7-12-20)23-15-14-21(22-13-8-16-24-22)17-19-9-4-2-5-10-19/h2-13,16,18,21,23H,14-15,17H2,1H3/t18-,21-/m1/s1. The van der Waals surface area contributed by atoms with Crippen LogP contribution in [0.5, 0.6) is 0 Å². The minimum Gasteiger partial charge on any atom is -0.469 e. The average Bonchev–Trinajstić information content (AvgIpc) is 3.17. The number of benzene rings is 2. The minimum atomic E-state index is 0.361. The molecular formula is C22H25NO. The van der Waals surface area contributed by atoms with Gasteiger partial charge in [0.2, 0.25) is 0 Å². The molecule has 0 spiro atoms. The van der Waals surface area contributed by atoms with E-state index in [-0.39, 0.29) is 0 Å². The van der Waals surface area contributed by atoms with Crippen molar-refractivity contribution < 1.29 is 4.42 Å². The predicted octanol–water partition coefficient (Wildman–Crippen LogP) is 5.35. The lowest BCUT2D eigenvalue weighted by Gasteiger charge is -2.18. The monoisotopic (exact) mass is 319 g/mol. The van der Waals surface area contributed by atoms with E-state index < -0.39 is 0 Å². The third kappa shape index (κ3) is 4.59. The Labute approximate surface area is 144 Å². The number of nitrogens with one attached hydrogen (secondary N) is 1. The van der Waals surface area contributed by atoms with Crippen molar-refractivity contribution >= 4 is 0 Å². The summed E-state index contributed by atoms with van der Waals surface area (Å²) in [4.78, 5) is 0. The van der Waals surface area contributed by atoms with Crippen molar-refractivity contribution in [1.82, 2.24) is 5.32 Å². The van der Waals surface area contributed by atoms with Crippen LogP contribution in [0.3, 0.4) is 0 Å². The molecule has 0 saturated carbocycles. The summed E-state index contributed by atoms with van der Waals surface area (Å²) in [5.74, 6) is 1.48. The van der Waals surface area contributed by atoms with Crippen LogP contribution in [0, 0.1) is 0 Å². The first-order valence-corrected chi connectivity index (χ1v) is 8.68. The van der Waals surface area contributed by atoms with Crippen molar-refractivity contribution in [1.29, 1.82) is 0 Å². The highest BCUT2D eigenvalue weighted by atomic mass is 16.3. The van der Waals surface area contributed by atoms with Crippen LogP contribution < -0.4 is 5.32 Å². The maximum atomic E-state index is 5.68. The molecule has 3 aromatic rings. The summed E-state index contributed by atoms with van der Waals surface area (Å²) in [5, 5.41) is 3.64. The molecule has 1 aromatic heterocycles. The Morgan fingerprint density at radius 2 is 1.58 bits per heavy atom. The summed E-state index contributed by atoms with van der Waals surface area (Å²) >= 11 is 0. The van der Waals surface area contributed by atoms with Crippen LogP contribution in [0.1, 0.15) is 42.2 Å². The average molecular weight is 319 g/mol. The SMILES string of the molecule is C[C@@H](NCC[C@H](Cc1ccccc1)c1ccco1)c1ccccc1. The molecule has 0 fully saturated rings. The smallest absolute Gasteiger partial charge is 0.107 e. The van der Waals surface area contributed by atoms with Gasteiger partial charge in [-0.25, -0.2) is 0 Å². The highest BCUT2D eigenvalue weighted by Gasteiger charge is 2.15. The summed E-state index contributed by atoms with van der Waals surface area (Å²) < 4.78 is 5.68. The van der Waals surface area contributed by atoms with Crippen molar-refractivity contribution in [2.75, 3.05) is 6.54 Å². The van der Waals surface area contributed by atoms with E-state index in [1.807, 2.05) is 6.07 Å². The van der Waals surface area contributed by atoms with Gasteiger partial charge in [-0.05, 0) is 49.6 Å². The van der Waals surface area contributed by atoms with Gasteiger partial charge < -0.3 is 9.73 Å². The second-order valence-electron chi connectivity index (χ2n) is 6.28. The molecule has 0 bridgehead atoms. The van der Waals surface area contributed by atoms with Crippen LogP contribution in [-0.4, -0.2) is 6.54 Å². The van der Waals surface area contributed by atoms with Gasteiger partial charge in [-0.1, -0.05) is 60.7 Å². The van der Waals surface area contributed by atoms with Crippen LogP contribution in [0.4, 0.5) is 0 Å². The molecule has 3 rings (SSSR count). The number of hydrogen-bond acceptors (Lipinski definition) is 2. The Morgan fingerprint density at radius 1 is 0.875 bits per heavy atom. The second-order valence-corrected chi connectivity index (χ2v) is 6.28. The van der Waals surface area contributed by atoms with Gasteiger partial charge in [-0.3, -0.25) is 0 Å². The van der Waals surface area contributed by atoms with E-state index in [0.717, 1.165) is 25.1 Å². The van der Waals surface area contributed by atoms with E-state index >= 15 is 0 Å². The molecule has 2 nitrogen and oxygen atoms in total. The molecule has 2 heteroatoms. The lowest BCUT2D eigenvalue weighted by molar-refractivity contribution is 0.428. The van der Waals surface area contributed by atoms with Crippen LogP contribution in [0.2, 0.25) is 0 Å². The zero-order valence-corrected chi connectivity index (χ0v) is 14.2. The van der Waals surface area contributed by atoms with E-state index in [4.69, 9.17) is 4.42 Å². The summed E-state index contributed by atoms with van der Waals surface area (Å²) in [5.41, 5.74) is 2.69. The fourth-order valence-electron chi connectivity index (χ4n) is 3.10. The number of hydrogen-bond donors (Lipinski definition) is 1. The molecule has 0 amide bonds. The van der Waals surface area contributed by atoms with E-state index in [1.165, 1.54) is 11.1 Å². The highest BCUT2D eigenvalue weighted by molar-refractivity contribution is 5.20. The van der Waals surface area contributed by atoms with E-state index in [9.17, 15) is 0 Å². The molecule has 0 unspecified atom stereocenters. The maximum absolute atomic E-state index is 5.68.